The molecule has 4 N–H and O–H groups in total. The average molecular weight is 100 g/mol. The molecule has 0 unspecified atom stereocenters. The maximum absolute atomic E-state index is 5.68. The molecule has 1 fully saturated rings. The Labute approximate surface area is 43.9 Å². The molecular weight excluding hydrogens is 88.1 g/mol. The fraction of sp³-hybridized carbons (Fsp3) is 1.00. The summed E-state index contributed by atoms with van der Waals surface area (Å²) in [6.45, 7) is 0.660. The summed E-state index contributed by atoms with van der Waals surface area (Å²) in [6.07, 6.45) is 3.53. The Bertz CT molecular complexity index is 61.0. The molecule has 2 nitrogen and oxygen atoms in total. The van der Waals surface area contributed by atoms with Gasteiger partial charge in [0.2, 0.25) is 0 Å². The standard InChI is InChI=1S/C5H12N2/c6-4-5(7)2-1-3-5/h1-4,6-7H2. The van der Waals surface area contributed by atoms with Crippen molar-refractivity contribution < 1.29 is 0 Å². The van der Waals surface area contributed by atoms with Crippen molar-refractivity contribution in [3.05, 3.63) is 0 Å². The van der Waals surface area contributed by atoms with Crippen molar-refractivity contribution in [3.63, 3.8) is 0 Å². The van der Waals surface area contributed by atoms with Gasteiger partial charge in [0.25, 0.3) is 0 Å². The van der Waals surface area contributed by atoms with E-state index < -0.39 is 0 Å². The maximum Gasteiger partial charge on any atom is 0.0278 e. The molecule has 0 radical (unpaired) electrons. The van der Waals surface area contributed by atoms with Crippen LogP contribution in [0, 0.1) is 0 Å². The van der Waals surface area contributed by atoms with Gasteiger partial charge in [-0.25, -0.2) is 0 Å². The first-order chi connectivity index (χ1) is 3.27. The number of hydrogen-bond donors (Lipinski definition) is 2. The highest BCUT2D eigenvalue weighted by molar-refractivity contribution is 4.92. The molecule has 0 aromatic heterocycles. The molecule has 0 aromatic carbocycles. The molecule has 1 aliphatic rings. The molecule has 42 valence electrons. The van der Waals surface area contributed by atoms with E-state index in [1.807, 2.05) is 0 Å². The highest BCUT2D eigenvalue weighted by Gasteiger charge is 2.30. The lowest BCUT2D eigenvalue weighted by atomic mass is 9.78. The largest absolute Gasteiger partial charge is 0.329 e. The normalized spacial score (nSPS) is 26.6. The van der Waals surface area contributed by atoms with Crippen molar-refractivity contribution in [2.45, 2.75) is 24.8 Å². The highest BCUT2D eigenvalue weighted by atomic mass is 14.8. The molecule has 0 atom stereocenters. The number of hydrogen-bond acceptors (Lipinski definition) is 2. The lowest BCUT2D eigenvalue weighted by molar-refractivity contribution is 0.258. The van der Waals surface area contributed by atoms with E-state index in [0.29, 0.717) is 6.54 Å². The van der Waals surface area contributed by atoms with Gasteiger partial charge in [0, 0.05) is 12.1 Å². The molecular formula is C5H12N2. The van der Waals surface area contributed by atoms with Crippen molar-refractivity contribution in [2.75, 3.05) is 6.54 Å². The SMILES string of the molecule is NCC1(N)CCC1. The van der Waals surface area contributed by atoms with Gasteiger partial charge in [-0.05, 0) is 19.3 Å². The second-order valence-electron chi connectivity index (χ2n) is 2.42. The van der Waals surface area contributed by atoms with Crippen LogP contribution in [0.1, 0.15) is 19.3 Å². The van der Waals surface area contributed by atoms with Crippen LogP contribution in [-0.4, -0.2) is 12.1 Å². The summed E-state index contributed by atoms with van der Waals surface area (Å²) in [5.74, 6) is 0. The maximum atomic E-state index is 5.68. The fourth-order valence-electron chi connectivity index (χ4n) is 0.835. The molecule has 1 saturated carbocycles. The topological polar surface area (TPSA) is 52.0 Å². The minimum absolute atomic E-state index is 0.0417. The third kappa shape index (κ3) is 0.763. The van der Waals surface area contributed by atoms with Gasteiger partial charge in [0.15, 0.2) is 0 Å². The van der Waals surface area contributed by atoms with Crippen molar-refractivity contribution in [2.24, 2.45) is 11.5 Å². The molecule has 0 spiro atoms. The van der Waals surface area contributed by atoms with Crippen LogP contribution in [0.25, 0.3) is 0 Å². The van der Waals surface area contributed by atoms with Crippen LogP contribution in [0.15, 0.2) is 0 Å². The molecule has 1 aliphatic carbocycles. The lowest BCUT2D eigenvalue weighted by Gasteiger charge is -2.36. The van der Waals surface area contributed by atoms with Gasteiger partial charge < -0.3 is 11.5 Å². The summed E-state index contributed by atoms with van der Waals surface area (Å²) >= 11 is 0. The lowest BCUT2D eigenvalue weighted by Crippen LogP contribution is -2.52. The van der Waals surface area contributed by atoms with Gasteiger partial charge >= 0.3 is 0 Å². The van der Waals surface area contributed by atoms with Crippen molar-refractivity contribution in [1.82, 2.24) is 0 Å². The van der Waals surface area contributed by atoms with Crippen LogP contribution in [-0.2, 0) is 0 Å². The van der Waals surface area contributed by atoms with E-state index in [0.717, 1.165) is 12.8 Å². The Hall–Kier alpha value is -0.0800. The van der Waals surface area contributed by atoms with Crippen LogP contribution in [0.5, 0.6) is 0 Å². The third-order valence-corrected chi connectivity index (χ3v) is 1.76. The summed E-state index contributed by atoms with van der Waals surface area (Å²) in [5.41, 5.74) is 11.1. The molecule has 0 bridgehead atoms. The predicted octanol–water partition coefficient (Wildman–Crippen LogP) is -0.174. The third-order valence-electron chi connectivity index (χ3n) is 1.76. The first kappa shape index (κ1) is 5.06. The van der Waals surface area contributed by atoms with Gasteiger partial charge in [-0.2, -0.15) is 0 Å². The summed E-state index contributed by atoms with van der Waals surface area (Å²) < 4.78 is 0. The van der Waals surface area contributed by atoms with E-state index in [9.17, 15) is 0 Å². The monoisotopic (exact) mass is 100 g/mol. The molecule has 0 amide bonds. The number of rotatable bonds is 1. The minimum atomic E-state index is 0.0417. The van der Waals surface area contributed by atoms with Gasteiger partial charge in [0.05, 0.1) is 0 Å². The average Bonchev–Trinajstić information content (AvgIpc) is 1.61. The zero-order valence-electron chi connectivity index (χ0n) is 4.48. The molecule has 0 saturated heterocycles. The Kier molecular flexibility index (Phi) is 1.05. The summed E-state index contributed by atoms with van der Waals surface area (Å²) in [4.78, 5) is 0. The van der Waals surface area contributed by atoms with E-state index in [-0.39, 0.29) is 5.54 Å². The Morgan fingerprint density at radius 2 is 2.00 bits per heavy atom. The first-order valence-corrected chi connectivity index (χ1v) is 2.76. The summed E-state index contributed by atoms with van der Waals surface area (Å²) in [5, 5.41) is 0. The van der Waals surface area contributed by atoms with Crippen LogP contribution < -0.4 is 11.5 Å². The van der Waals surface area contributed by atoms with E-state index in [2.05, 4.69) is 0 Å². The Morgan fingerprint density at radius 1 is 1.43 bits per heavy atom. The second kappa shape index (κ2) is 1.46. The van der Waals surface area contributed by atoms with E-state index in [1.54, 1.807) is 0 Å². The molecule has 2 heteroatoms. The van der Waals surface area contributed by atoms with Crippen molar-refractivity contribution >= 4 is 0 Å². The Balaban J connectivity index is 2.29. The Morgan fingerprint density at radius 3 is 2.00 bits per heavy atom. The molecule has 0 aliphatic heterocycles. The predicted molar refractivity (Wildman–Crippen MR) is 29.8 cm³/mol. The quantitative estimate of drug-likeness (QED) is 0.480. The van der Waals surface area contributed by atoms with E-state index >= 15 is 0 Å². The molecule has 7 heavy (non-hydrogen) atoms. The smallest absolute Gasteiger partial charge is 0.0278 e. The van der Waals surface area contributed by atoms with Crippen molar-refractivity contribution in [1.29, 1.82) is 0 Å². The van der Waals surface area contributed by atoms with E-state index in [4.69, 9.17) is 11.5 Å². The van der Waals surface area contributed by atoms with Crippen LogP contribution in [0.4, 0.5) is 0 Å². The second-order valence-corrected chi connectivity index (χ2v) is 2.42. The van der Waals surface area contributed by atoms with Crippen LogP contribution in [0.2, 0.25) is 0 Å². The highest BCUT2D eigenvalue weighted by Crippen LogP contribution is 2.27. The molecule has 0 heterocycles. The minimum Gasteiger partial charge on any atom is -0.329 e. The van der Waals surface area contributed by atoms with E-state index in [1.165, 1.54) is 6.42 Å². The van der Waals surface area contributed by atoms with Gasteiger partial charge in [-0.15, -0.1) is 0 Å². The van der Waals surface area contributed by atoms with Gasteiger partial charge in [0.1, 0.15) is 0 Å². The fourth-order valence-corrected chi connectivity index (χ4v) is 0.835. The zero-order chi connectivity index (χ0) is 5.33. The summed E-state index contributed by atoms with van der Waals surface area (Å²) in [7, 11) is 0. The van der Waals surface area contributed by atoms with Crippen LogP contribution in [0.3, 0.4) is 0 Å². The van der Waals surface area contributed by atoms with Gasteiger partial charge in [-0.1, -0.05) is 0 Å². The molecule has 0 aromatic rings. The number of nitrogens with two attached hydrogens (primary N) is 2. The van der Waals surface area contributed by atoms with Gasteiger partial charge in [-0.3, -0.25) is 0 Å². The van der Waals surface area contributed by atoms with Crippen molar-refractivity contribution in [3.8, 4) is 0 Å². The van der Waals surface area contributed by atoms with Crippen LogP contribution >= 0.6 is 0 Å². The molecule has 1 rings (SSSR count). The first-order valence-electron chi connectivity index (χ1n) is 2.76. The summed E-state index contributed by atoms with van der Waals surface area (Å²) in [6, 6.07) is 0. The zero-order valence-corrected chi connectivity index (χ0v) is 4.48.